The van der Waals surface area contributed by atoms with Crippen LogP contribution >= 0.6 is 0 Å². The van der Waals surface area contributed by atoms with Gasteiger partial charge in [-0.15, -0.1) is 0 Å². The third-order valence-electron chi connectivity index (χ3n) is 3.72. The molecule has 0 spiro atoms. The molecule has 1 amide bonds. The maximum Gasteiger partial charge on any atom is 0.287 e. The van der Waals surface area contributed by atoms with Crippen LogP contribution in [-0.2, 0) is 6.42 Å². The molecule has 2 N–H and O–H groups in total. The van der Waals surface area contributed by atoms with E-state index in [-0.39, 0.29) is 12.3 Å². The molecule has 0 bridgehead atoms. The number of nitrogens with one attached hydrogen (secondary N) is 1. The number of fused-ring (bicyclic) bond motifs is 1. The number of amides is 1. The summed E-state index contributed by atoms with van der Waals surface area (Å²) in [4.78, 5) is 12.3. The summed E-state index contributed by atoms with van der Waals surface area (Å²) in [5.41, 5.74) is -0.607. The summed E-state index contributed by atoms with van der Waals surface area (Å²) in [6.07, 6.45) is 1.85. The number of ether oxygens (including phenoxy) is 1. The first-order valence-corrected chi connectivity index (χ1v) is 7.58. The Hall–Kier alpha value is -2.73. The van der Waals surface area contributed by atoms with Gasteiger partial charge in [-0.1, -0.05) is 12.1 Å². The number of furan rings is 2. The van der Waals surface area contributed by atoms with Gasteiger partial charge in [-0.3, -0.25) is 4.79 Å². The van der Waals surface area contributed by atoms with Gasteiger partial charge >= 0.3 is 0 Å². The van der Waals surface area contributed by atoms with Crippen molar-refractivity contribution in [3.8, 4) is 5.75 Å². The Morgan fingerprint density at radius 3 is 2.88 bits per heavy atom. The lowest BCUT2D eigenvalue weighted by atomic mass is 10.0. The first-order valence-electron chi connectivity index (χ1n) is 7.58. The predicted octanol–water partition coefficient (Wildman–Crippen LogP) is 2.76. The van der Waals surface area contributed by atoms with Crippen molar-refractivity contribution in [3.63, 3.8) is 0 Å². The highest BCUT2D eigenvalue weighted by molar-refractivity contribution is 5.97. The minimum atomic E-state index is -1.13. The Kier molecular flexibility index (Phi) is 4.31. The second kappa shape index (κ2) is 6.41. The molecular formula is C18H19NO5. The summed E-state index contributed by atoms with van der Waals surface area (Å²) >= 11 is 0. The molecular weight excluding hydrogens is 310 g/mol. The zero-order valence-electron chi connectivity index (χ0n) is 13.5. The van der Waals surface area contributed by atoms with Crippen LogP contribution in [-0.4, -0.2) is 30.3 Å². The van der Waals surface area contributed by atoms with Crippen molar-refractivity contribution < 1.29 is 23.5 Å². The molecule has 0 unspecified atom stereocenters. The summed E-state index contributed by atoms with van der Waals surface area (Å²) in [5, 5.41) is 13.8. The first-order chi connectivity index (χ1) is 11.5. The second-order valence-electron chi connectivity index (χ2n) is 5.93. The van der Waals surface area contributed by atoms with Gasteiger partial charge in [-0.25, -0.2) is 0 Å². The number of methoxy groups -OCH3 is 1. The molecule has 0 saturated heterocycles. The summed E-state index contributed by atoms with van der Waals surface area (Å²) in [7, 11) is 1.54. The Bertz CT molecular complexity index is 832. The van der Waals surface area contributed by atoms with Crippen molar-refractivity contribution in [1.82, 2.24) is 5.32 Å². The molecule has 3 aromatic rings. The smallest absolute Gasteiger partial charge is 0.287 e. The summed E-state index contributed by atoms with van der Waals surface area (Å²) in [6.45, 7) is 1.71. The van der Waals surface area contributed by atoms with E-state index in [2.05, 4.69) is 5.32 Å². The van der Waals surface area contributed by atoms with Crippen LogP contribution in [0.1, 0.15) is 23.2 Å². The fourth-order valence-electron chi connectivity index (χ4n) is 2.52. The zero-order valence-corrected chi connectivity index (χ0v) is 13.5. The van der Waals surface area contributed by atoms with Crippen LogP contribution in [0.2, 0.25) is 0 Å². The maximum absolute atomic E-state index is 12.3. The van der Waals surface area contributed by atoms with Crippen molar-refractivity contribution in [2.75, 3.05) is 13.7 Å². The van der Waals surface area contributed by atoms with Crippen LogP contribution in [0, 0.1) is 0 Å². The van der Waals surface area contributed by atoms with E-state index in [4.69, 9.17) is 13.6 Å². The number of carbonyl (C=O) groups is 1. The van der Waals surface area contributed by atoms with E-state index in [1.54, 1.807) is 44.6 Å². The van der Waals surface area contributed by atoms with Gasteiger partial charge in [-0.2, -0.15) is 0 Å². The molecule has 0 aliphatic carbocycles. The van der Waals surface area contributed by atoms with E-state index in [0.29, 0.717) is 23.5 Å². The standard InChI is InChI=1S/C18H19NO5/c1-18(21,10-13-6-4-8-23-13)11-19-17(20)15-9-12-5-3-7-14(22-2)16(12)24-15/h3-9,21H,10-11H2,1-2H3,(H,19,20)/t18-/m1/s1. The molecule has 2 aromatic heterocycles. The number of aliphatic hydroxyl groups is 1. The summed E-state index contributed by atoms with van der Waals surface area (Å²) < 4.78 is 16.0. The molecule has 2 heterocycles. The van der Waals surface area contributed by atoms with E-state index in [1.165, 1.54) is 0 Å². The Morgan fingerprint density at radius 2 is 2.17 bits per heavy atom. The van der Waals surface area contributed by atoms with Crippen LogP contribution in [0.15, 0.2) is 51.5 Å². The van der Waals surface area contributed by atoms with Gasteiger partial charge in [0.25, 0.3) is 5.91 Å². The fraction of sp³-hybridized carbons (Fsp3) is 0.278. The van der Waals surface area contributed by atoms with Gasteiger partial charge in [0.05, 0.1) is 19.0 Å². The Morgan fingerprint density at radius 1 is 1.33 bits per heavy atom. The number of carbonyl (C=O) groups excluding carboxylic acids is 1. The minimum absolute atomic E-state index is 0.0702. The summed E-state index contributed by atoms with van der Waals surface area (Å²) in [6, 6.07) is 10.6. The highest BCUT2D eigenvalue weighted by Gasteiger charge is 2.24. The quantitative estimate of drug-likeness (QED) is 0.726. The lowest BCUT2D eigenvalue weighted by Crippen LogP contribution is -2.42. The lowest BCUT2D eigenvalue weighted by Gasteiger charge is -2.22. The average Bonchev–Trinajstić information content (AvgIpc) is 3.20. The third kappa shape index (κ3) is 3.44. The van der Waals surface area contributed by atoms with E-state index < -0.39 is 11.5 Å². The van der Waals surface area contributed by atoms with Crippen LogP contribution in [0.4, 0.5) is 0 Å². The average molecular weight is 329 g/mol. The van der Waals surface area contributed by atoms with E-state index in [0.717, 1.165) is 5.39 Å². The molecule has 0 aliphatic rings. The van der Waals surface area contributed by atoms with Crippen molar-refractivity contribution in [2.24, 2.45) is 0 Å². The van der Waals surface area contributed by atoms with Gasteiger partial charge in [0.2, 0.25) is 0 Å². The number of rotatable bonds is 6. The molecule has 6 heteroatoms. The summed E-state index contributed by atoms with van der Waals surface area (Å²) in [5.74, 6) is 0.996. The van der Waals surface area contributed by atoms with Gasteiger partial charge < -0.3 is 24.0 Å². The first kappa shape index (κ1) is 16.1. The lowest BCUT2D eigenvalue weighted by molar-refractivity contribution is 0.0504. The minimum Gasteiger partial charge on any atom is -0.493 e. The molecule has 0 aliphatic heterocycles. The highest BCUT2D eigenvalue weighted by Crippen LogP contribution is 2.28. The van der Waals surface area contributed by atoms with Crippen LogP contribution in [0.25, 0.3) is 11.0 Å². The largest absolute Gasteiger partial charge is 0.493 e. The fourth-order valence-corrected chi connectivity index (χ4v) is 2.52. The van der Waals surface area contributed by atoms with Crippen LogP contribution < -0.4 is 10.1 Å². The second-order valence-corrected chi connectivity index (χ2v) is 5.93. The predicted molar refractivity (Wildman–Crippen MR) is 88.1 cm³/mol. The molecule has 1 atom stereocenters. The molecule has 0 saturated carbocycles. The van der Waals surface area contributed by atoms with Gasteiger partial charge in [-0.05, 0) is 31.2 Å². The van der Waals surface area contributed by atoms with Crippen LogP contribution in [0.3, 0.4) is 0 Å². The number of hydrogen-bond donors (Lipinski definition) is 2. The van der Waals surface area contributed by atoms with E-state index in [1.807, 2.05) is 12.1 Å². The molecule has 6 nitrogen and oxygen atoms in total. The maximum atomic E-state index is 12.3. The molecule has 24 heavy (non-hydrogen) atoms. The zero-order chi connectivity index (χ0) is 17.2. The van der Waals surface area contributed by atoms with Crippen molar-refractivity contribution in [2.45, 2.75) is 18.9 Å². The van der Waals surface area contributed by atoms with Crippen molar-refractivity contribution in [1.29, 1.82) is 0 Å². The van der Waals surface area contributed by atoms with Gasteiger partial charge in [0, 0.05) is 18.4 Å². The van der Waals surface area contributed by atoms with Gasteiger partial charge in [0.1, 0.15) is 5.76 Å². The monoisotopic (exact) mass is 329 g/mol. The SMILES string of the molecule is COc1cccc2cc(C(=O)NC[C@](C)(O)Cc3ccco3)oc12. The third-order valence-corrected chi connectivity index (χ3v) is 3.72. The van der Waals surface area contributed by atoms with E-state index in [9.17, 15) is 9.90 Å². The highest BCUT2D eigenvalue weighted by atomic mass is 16.5. The van der Waals surface area contributed by atoms with Crippen molar-refractivity contribution >= 4 is 16.9 Å². The molecule has 0 radical (unpaired) electrons. The van der Waals surface area contributed by atoms with Crippen LogP contribution in [0.5, 0.6) is 5.75 Å². The normalized spacial score (nSPS) is 13.6. The Labute approximate surface area is 139 Å². The molecule has 3 rings (SSSR count). The molecule has 126 valence electrons. The number of para-hydroxylation sites is 1. The van der Waals surface area contributed by atoms with Gasteiger partial charge in [0.15, 0.2) is 17.1 Å². The topological polar surface area (TPSA) is 84.8 Å². The molecule has 0 fully saturated rings. The van der Waals surface area contributed by atoms with E-state index >= 15 is 0 Å². The number of benzene rings is 1. The van der Waals surface area contributed by atoms with Crippen molar-refractivity contribution in [3.05, 3.63) is 54.2 Å². The number of hydrogen-bond acceptors (Lipinski definition) is 5. The molecule has 1 aromatic carbocycles. The Balaban J connectivity index is 1.68.